The fourth-order valence-electron chi connectivity index (χ4n) is 4.53. The van der Waals surface area contributed by atoms with Gasteiger partial charge in [-0.25, -0.2) is 4.98 Å². The molecule has 1 aromatic carbocycles. The van der Waals surface area contributed by atoms with E-state index in [4.69, 9.17) is 17.3 Å². The number of fused-ring (bicyclic) bond motifs is 3. The van der Waals surface area contributed by atoms with Crippen LogP contribution in [0.4, 0.5) is 4.39 Å². The molecule has 0 bridgehead atoms. The number of amides is 1. The van der Waals surface area contributed by atoms with Gasteiger partial charge in [0.05, 0.1) is 29.5 Å². The molecule has 8 nitrogen and oxygen atoms in total. The lowest BCUT2D eigenvalue weighted by Gasteiger charge is -2.42. The van der Waals surface area contributed by atoms with E-state index in [0.717, 1.165) is 27.5 Å². The number of thiophene rings is 1. The molecule has 2 aromatic heterocycles. The highest BCUT2D eigenvalue weighted by Gasteiger charge is 2.42. The number of ether oxygens (including phenoxy) is 2. The molecule has 0 saturated heterocycles. The van der Waals surface area contributed by atoms with Gasteiger partial charge in [-0.05, 0) is 71.2 Å². The summed E-state index contributed by atoms with van der Waals surface area (Å²) in [7, 11) is 7.15. The minimum Gasteiger partial charge on any atom is -0.493 e. The second-order valence-electron chi connectivity index (χ2n) is 9.97. The average Bonchev–Trinajstić information content (AvgIpc) is 3.34. The summed E-state index contributed by atoms with van der Waals surface area (Å²) in [6.07, 6.45) is 0.881. The Morgan fingerprint density at radius 1 is 1.22 bits per heavy atom. The first-order chi connectivity index (χ1) is 16.7. The maximum absolute atomic E-state index is 14.0. The Balaban J connectivity index is 1.98. The van der Waals surface area contributed by atoms with Crippen molar-refractivity contribution in [3.63, 3.8) is 0 Å². The van der Waals surface area contributed by atoms with Gasteiger partial charge in [0, 0.05) is 11.6 Å². The molecule has 1 aliphatic heterocycles. The van der Waals surface area contributed by atoms with Crippen LogP contribution in [-0.4, -0.2) is 63.0 Å². The number of benzene rings is 1. The van der Waals surface area contributed by atoms with E-state index in [0.29, 0.717) is 40.7 Å². The van der Waals surface area contributed by atoms with E-state index >= 15 is 0 Å². The molecule has 11 heteroatoms. The highest BCUT2D eigenvalue weighted by Crippen LogP contribution is 2.41. The smallest absolute Gasteiger partial charge is 0.278 e. The van der Waals surface area contributed by atoms with Crippen LogP contribution >= 0.6 is 11.3 Å². The van der Waals surface area contributed by atoms with Gasteiger partial charge >= 0.3 is 0 Å². The number of aliphatic hydroxyl groups is 2. The van der Waals surface area contributed by atoms with Crippen LogP contribution < -0.4 is 9.47 Å². The fraction of sp³-hybridized carbons (Fsp3) is 0.440. The predicted molar refractivity (Wildman–Crippen MR) is 135 cm³/mol. The zero-order valence-electron chi connectivity index (χ0n) is 21.1. The Hall–Kier alpha value is -2.89. The van der Waals surface area contributed by atoms with E-state index < -0.39 is 22.4 Å². The molecule has 0 atom stereocenters. The lowest BCUT2D eigenvalue weighted by Crippen LogP contribution is -2.60. The number of imidazole rings is 1. The summed E-state index contributed by atoms with van der Waals surface area (Å²) < 4.78 is 27.4. The quantitative estimate of drug-likeness (QED) is 0.386. The maximum Gasteiger partial charge on any atom is 0.278 e. The van der Waals surface area contributed by atoms with Gasteiger partial charge in [-0.15, -0.1) is 11.3 Å². The Morgan fingerprint density at radius 3 is 2.44 bits per heavy atom. The van der Waals surface area contributed by atoms with Crippen LogP contribution in [0, 0.1) is 5.13 Å². The molecule has 3 heterocycles. The van der Waals surface area contributed by atoms with Crippen LogP contribution in [0.2, 0.25) is 0 Å². The highest BCUT2D eigenvalue weighted by molar-refractivity contribution is 7.13. The first-order valence-corrected chi connectivity index (χ1v) is 12.4. The number of aryl methyl sites for hydroxylation is 1. The van der Waals surface area contributed by atoms with Gasteiger partial charge in [0.25, 0.3) is 5.91 Å². The molecule has 0 saturated carbocycles. The van der Waals surface area contributed by atoms with Crippen molar-refractivity contribution >= 4 is 25.1 Å². The van der Waals surface area contributed by atoms with Gasteiger partial charge in [-0.3, -0.25) is 14.3 Å². The Labute approximate surface area is 214 Å². The van der Waals surface area contributed by atoms with E-state index in [1.165, 1.54) is 6.07 Å². The maximum atomic E-state index is 14.0. The number of nitrogens with zero attached hydrogens (tertiary/aromatic N) is 3. The third-order valence-electron chi connectivity index (χ3n) is 5.77. The van der Waals surface area contributed by atoms with Gasteiger partial charge in [0.15, 0.2) is 41.8 Å². The van der Waals surface area contributed by atoms with Crippen LogP contribution in [0.1, 0.15) is 56.4 Å². The average molecular weight is 513 g/mol. The second-order valence-corrected chi connectivity index (χ2v) is 11.0. The molecule has 0 fully saturated rings. The summed E-state index contributed by atoms with van der Waals surface area (Å²) in [5.41, 5.74) is 1.18. The van der Waals surface area contributed by atoms with Crippen molar-refractivity contribution in [3.05, 3.63) is 46.3 Å². The molecule has 190 valence electrons. The third-order valence-corrected chi connectivity index (χ3v) is 6.64. The molecule has 2 radical (unpaired) electrons. The molecule has 1 aliphatic rings. The first-order valence-electron chi connectivity index (χ1n) is 11.6. The molecule has 1 amide bonds. The van der Waals surface area contributed by atoms with Crippen molar-refractivity contribution in [2.24, 2.45) is 0 Å². The van der Waals surface area contributed by atoms with Gasteiger partial charge in [0.1, 0.15) is 0 Å². The fourth-order valence-corrected chi connectivity index (χ4v) is 5.24. The SMILES string of the molecule is [B]C(O)(O)N(C(=O)c1nc(-c2ccc(F)s2)n2c1CCc1cc(OC)c(OC(C)C)cc1-2)C(C)(C)C. The number of hydrogen-bond donors (Lipinski definition) is 2. The molecular formula is C25H29BFN3O5S. The van der Waals surface area contributed by atoms with E-state index in [9.17, 15) is 19.4 Å². The lowest BCUT2D eigenvalue weighted by atomic mass is 9.93. The van der Waals surface area contributed by atoms with Crippen molar-refractivity contribution in [2.75, 3.05) is 7.11 Å². The number of halogens is 1. The molecule has 2 N–H and O–H groups in total. The summed E-state index contributed by atoms with van der Waals surface area (Å²) in [4.78, 5) is 19.6. The normalized spacial score (nSPS) is 13.4. The molecule has 0 unspecified atom stereocenters. The van der Waals surface area contributed by atoms with E-state index in [1.807, 2.05) is 26.0 Å². The summed E-state index contributed by atoms with van der Waals surface area (Å²) in [5, 5.41) is 20.1. The molecular weight excluding hydrogens is 484 g/mol. The number of carbonyl (C=O) groups excluding carboxylic acids is 1. The summed E-state index contributed by atoms with van der Waals surface area (Å²) in [6, 6.07) is 6.65. The number of methoxy groups -OCH3 is 1. The van der Waals surface area contributed by atoms with E-state index in [1.54, 1.807) is 38.5 Å². The summed E-state index contributed by atoms with van der Waals surface area (Å²) in [6.45, 7) is 8.71. The van der Waals surface area contributed by atoms with Crippen molar-refractivity contribution in [3.8, 4) is 27.9 Å². The largest absolute Gasteiger partial charge is 0.493 e. The number of aromatic nitrogens is 2. The van der Waals surface area contributed by atoms with Crippen molar-refractivity contribution in [2.45, 2.75) is 64.9 Å². The zero-order valence-corrected chi connectivity index (χ0v) is 21.9. The van der Waals surface area contributed by atoms with Crippen LogP contribution in [0.3, 0.4) is 0 Å². The molecule has 36 heavy (non-hydrogen) atoms. The van der Waals surface area contributed by atoms with Crippen molar-refractivity contribution in [1.29, 1.82) is 0 Å². The summed E-state index contributed by atoms with van der Waals surface area (Å²) in [5.74, 6) is -2.21. The van der Waals surface area contributed by atoms with Gasteiger partial charge in [-0.2, -0.15) is 4.39 Å². The first kappa shape index (κ1) is 26.2. The second kappa shape index (κ2) is 9.21. The lowest BCUT2D eigenvalue weighted by molar-refractivity contribution is -0.200. The monoisotopic (exact) mass is 513 g/mol. The van der Waals surface area contributed by atoms with Crippen LogP contribution in [-0.2, 0) is 12.8 Å². The topological polar surface area (TPSA) is 97.1 Å². The van der Waals surface area contributed by atoms with E-state index in [2.05, 4.69) is 4.98 Å². The zero-order chi connectivity index (χ0) is 26.6. The minimum absolute atomic E-state index is 0.0134. The van der Waals surface area contributed by atoms with Gasteiger partial charge < -0.3 is 19.7 Å². The third kappa shape index (κ3) is 4.75. The number of hydrogen-bond acceptors (Lipinski definition) is 7. The Bertz CT molecular complexity index is 1290. The number of rotatable bonds is 6. The summed E-state index contributed by atoms with van der Waals surface area (Å²) >= 11 is 0.901. The van der Waals surface area contributed by atoms with Crippen LogP contribution in [0.15, 0.2) is 24.3 Å². The van der Waals surface area contributed by atoms with Gasteiger partial charge in [-0.1, -0.05) is 0 Å². The minimum atomic E-state index is -2.92. The van der Waals surface area contributed by atoms with Crippen molar-refractivity contribution < 1.29 is 28.9 Å². The van der Waals surface area contributed by atoms with Crippen LogP contribution in [0.25, 0.3) is 16.4 Å². The van der Waals surface area contributed by atoms with Gasteiger partial charge in [0.2, 0.25) is 0 Å². The molecule has 3 aromatic rings. The van der Waals surface area contributed by atoms with Crippen molar-refractivity contribution in [1.82, 2.24) is 14.5 Å². The highest BCUT2D eigenvalue weighted by atomic mass is 32.1. The molecule has 4 rings (SSSR count). The molecule has 0 spiro atoms. The Morgan fingerprint density at radius 2 is 1.92 bits per heavy atom. The Kier molecular flexibility index (Phi) is 6.70. The predicted octanol–water partition coefficient (Wildman–Crippen LogP) is 3.64. The van der Waals surface area contributed by atoms with Crippen LogP contribution in [0.5, 0.6) is 11.5 Å². The number of carbonyl (C=O) groups is 1. The van der Waals surface area contributed by atoms with E-state index in [-0.39, 0.29) is 11.8 Å². The standard InChI is InChI=1S/C25H29BFN3O5S/c1-13(2)35-18-12-16-14(11-17(18)34-6)7-8-15-21(23(31)30(24(3,4)5)25(26,32)33)28-22(29(15)16)19-9-10-20(27)36-19/h9-13,32-33H,7-8H2,1-6H3. The molecule has 0 aliphatic carbocycles.